The molecule has 3 aromatic carbocycles. The molecule has 1 saturated heterocycles. The molecule has 0 spiro atoms. The van der Waals surface area contributed by atoms with Crippen molar-refractivity contribution in [3.05, 3.63) is 92.8 Å². The predicted octanol–water partition coefficient (Wildman–Crippen LogP) is 6.99. The normalized spacial score (nSPS) is 13.8. The summed E-state index contributed by atoms with van der Waals surface area (Å²) < 4.78 is 0.878. The maximum absolute atomic E-state index is 12.9. The fourth-order valence-electron chi connectivity index (χ4n) is 4.36. The van der Waals surface area contributed by atoms with Gasteiger partial charge in [0.1, 0.15) is 4.88 Å². The molecule has 1 aliphatic rings. The summed E-state index contributed by atoms with van der Waals surface area (Å²) in [5, 5.41) is 4.81. The third-order valence-corrected chi connectivity index (χ3v) is 8.36. The number of fused-ring (bicyclic) bond motifs is 1. The van der Waals surface area contributed by atoms with Crippen LogP contribution >= 0.6 is 34.5 Å². The number of aryl methyl sites for hydroxylation is 1. The highest BCUT2D eigenvalue weighted by Gasteiger charge is 2.23. The Morgan fingerprint density at radius 2 is 1.61 bits per heavy atom. The second-order valence-electron chi connectivity index (χ2n) is 8.72. The summed E-state index contributed by atoms with van der Waals surface area (Å²) in [4.78, 5) is 30.3. The number of benzene rings is 3. The summed E-state index contributed by atoms with van der Waals surface area (Å²) >= 11 is 13.9. The van der Waals surface area contributed by atoms with Gasteiger partial charge in [-0.15, -0.1) is 11.3 Å². The minimum atomic E-state index is -0.246. The van der Waals surface area contributed by atoms with Crippen molar-refractivity contribution in [2.24, 2.45) is 0 Å². The summed E-state index contributed by atoms with van der Waals surface area (Å²) in [7, 11) is 0. The molecule has 2 amide bonds. The highest BCUT2D eigenvalue weighted by Crippen LogP contribution is 2.37. The van der Waals surface area contributed by atoms with Crippen LogP contribution in [0.3, 0.4) is 0 Å². The first kappa shape index (κ1) is 24.6. The van der Waals surface area contributed by atoms with E-state index in [9.17, 15) is 9.59 Å². The standard InChI is InChI=1S/C28H25Cl2N3O2S/c1-2-18-3-5-19(6-4-18)28(35)33-15-13-32(14-16-33)22-10-8-21(9-11-22)31-27(34)26-25(30)23-12-7-20(29)17-24(23)36-26/h3-12,17H,2,13-16H2,1H3,(H,31,34). The summed E-state index contributed by atoms with van der Waals surface area (Å²) in [6, 6.07) is 21.0. The van der Waals surface area contributed by atoms with Crippen LogP contribution in [-0.4, -0.2) is 42.9 Å². The molecule has 0 radical (unpaired) electrons. The topological polar surface area (TPSA) is 52.7 Å². The van der Waals surface area contributed by atoms with E-state index in [0.29, 0.717) is 33.7 Å². The Hall–Kier alpha value is -3.06. The zero-order valence-corrected chi connectivity index (χ0v) is 22.1. The number of nitrogens with one attached hydrogen (secondary N) is 1. The molecule has 4 aromatic rings. The number of amides is 2. The summed E-state index contributed by atoms with van der Waals surface area (Å²) in [6.45, 7) is 4.95. The number of anilines is 2. The highest BCUT2D eigenvalue weighted by atomic mass is 35.5. The molecule has 1 N–H and O–H groups in total. The minimum absolute atomic E-state index is 0.0810. The van der Waals surface area contributed by atoms with Crippen molar-refractivity contribution in [2.45, 2.75) is 13.3 Å². The Bertz CT molecular complexity index is 1410. The maximum atomic E-state index is 12.9. The summed E-state index contributed by atoms with van der Waals surface area (Å²) in [5.41, 5.74) is 3.72. The molecule has 0 aliphatic carbocycles. The second-order valence-corrected chi connectivity index (χ2v) is 10.6. The molecule has 8 heteroatoms. The average molecular weight is 539 g/mol. The van der Waals surface area contributed by atoms with Crippen LogP contribution < -0.4 is 10.2 Å². The van der Waals surface area contributed by atoms with Crippen molar-refractivity contribution in [3.8, 4) is 0 Å². The fraction of sp³-hybridized carbons (Fsp3) is 0.214. The Morgan fingerprint density at radius 1 is 0.917 bits per heavy atom. The van der Waals surface area contributed by atoms with E-state index in [1.807, 2.05) is 65.6 Å². The Morgan fingerprint density at radius 3 is 2.28 bits per heavy atom. The number of hydrogen-bond donors (Lipinski definition) is 1. The van der Waals surface area contributed by atoms with Crippen LogP contribution in [0, 0.1) is 0 Å². The molecule has 184 valence electrons. The van der Waals surface area contributed by atoms with Crippen molar-refractivity contribution >= 4 is 67.8 Å². The van der Waals surface area contributed by atoms with E-state index in [2.05, 4.69) is 17.1 Å². The number of halogens is 2. The van der Waals surface area contributed by atoms with Crippen molar-refractivity contribution in [2.75, 3.05) is 36.4 Å². The first-order valence-corrected chi connectivity index (χ1v) is 13.4. The first-order chi connectivity index (χ1) is 17.4. The van der Waals surface area contributed by atoms with E-state index < -0.39 is 0 Å². The van der Waals surface area contributed by atoms with Gasteiger partial charge in [-0.25, -0.2) is 0 Å². The average Bonchev–Trinajstić information content (AvgIpc) is 3.24. The van der Waals surface area contributed by atoms with Gasteiger partial charge in [0, 0.05) is 58.2 Å². The lowest BCUT2D eigenvalue weighted by Crippen LogP contribution is -2.48. The van der Waals surface area contributed by atoms with Crippen LogP contribution in [0.2, 0.25) is 10.0 Å². The van der Waals surface area contributed by atoms with Gasteiger partial charge < -0.3 is 15.1 Å². The number of thiophene rings is 1. The zero-order chi connectivity index (χ0) is 25.2. The molecular formula is C28H25Cl2N3O2S. The van der Waals surface area contributed by atoms with Crippen LogP contribution in [0.25, 0.3) is 10.1 Å². The third kappa shape index (κ3) is 5.07. The van der Waals surface area contributed by atoms with Crippen molar-refractivity contribution in [1.82, 2.24) is 4.90 Å². The Kier molecular flexibility index (Phi) is 7.19. The molecule has 5 nitrogen and oxygen atoms in total. The number of carbonyl (C=O) groups is 2. The molecule has 0 atom stereocenters. The molecule has 1 aromatic heterocycles. The summed E-state index contributed by atoms with van der Waals surface area (Å²) in [5.74, 6) is -0.165. The van der Waals surface area contributed by atoms with Gasteiger partial charge in [0.05, 0.1) is 5.02 Å². The molecule has 1 fully saturated rings. The van der Waals surface area contributed by atoms with Crippen molar-refractivity contribution < 1.29 is 9.59 Å². The zero-order valence-electron chi connectivity index (χ0n) is 19.8. The van der Waals surface area contributed by atoms with Crippen molar-refractivity contribution in [3.63, 3.8) is 0 Å². The molecule has 0 bridgehead atoms. The van der Waals surface area contributed by atoms with Crippen molar-refractivity contribution in [1.29, 1.82) is 0 Å². The van der Waals surface area contributed by atoms with Gasteiger partial charge in [-0.2, -0.15) is 0 Å². The third-order valence-electron chi connectivity index (χ3n) is 6.46. The maximum Gasteiger partial charge on any atom is 0.267 e. The van der Waals surface area contributed by atoms with Gasteiger partial charge in [0.25, 0.3) is 11.8 Å². The second kappa shape index (κ2) is 10.5. The Balaban J connectivity index is 1.19. The van der Waals surface area contributed by atoms with E-state index in [4.69, 9.17) is 23.2 Å². The van der Waals surface area contributed by atoms with Gasteiger partial charge in [0.15, 0.2) is 0 Å². The first-order valence-electron chi connectivity index (χ1n) is 11.8. The number of piperazine rings is 1. The predicted molar refractivity (Wildman–Crippen MR) is 150 cm³/mol. The van der Waals surface area contributed by atoms with Gasteiger partial charge in [0.2, 0.25) is 0 Å². The van der Waals surface area contributed by atoms with E-state index in [0.717, 1.165) is 40.8 Å². The van der Waals surface area contributed by atoms with Crippen LogP contribution in [0.5, 0.6) is 0 Å². The molecule has 0 saturated carbocycles. The van der Waals surface area contributed by atoms with Crippen LogP contribution in [0.4, 0.5) is 11.4 Å². The van der Waals surface area contributed by atoms with Crippen LogP contribution in [-0.2, 0) is 6.42 Å². The molecule has 5 rings (SSSR count). The monoisotopic (exact) mass is 537 g/mol. The summed E-state index contributed by atoms with van der Waals surface area (Å²) in [6.07, 6.45) is 0.962. The van der Waals surface area contributed by atoms with E-state index >= 15 is 0 Å². The largest absolute Gasteiger partial charge is 0.368 e. The number of rotatable bonds is 5. The molecule has 36 heavy (non-hydrogen) atoms. The van der Waals surface area contributed by atoms with Gasteiger partial charge in [-0.1, -0.05) is 48.3 Å². The smallest absolute Gasteiger partial charge is 0.267 e. The number of nitrogens with zero attached hydrogens (tertiary/aromatic N) is 2. The van der Waals surface area contributed by atoms with E-state index in [-0.39, 0.29) is 11.8 Å². The Labute approximate surface area is 224 Å². The van der Waals surface area contributed by atoms with Gasteiger partial charge in [-0.3, -0.25) is 9.59 Å². The molecular weight excluding hydrogens is 513 g/mol. The lowest BCUT2D eigenvalue weighted by atomic mass is 10.1. The molecule has 0 unspecified atom stereocenters. The number of hydrogen-bond acceptors (Lipinski definition) is 4. The van der Waals surface area contributed by atoms with E-state index in [1.54, 1.807) is 6.07 Å². The van der Waals surface area contributed by atoms with E-state index in [1.165, 1.54) is 16.9 Å². The minimum Gasteiger partial charge on any atom is -0.368 e. The lowest BCUT2D eigenvalue weighted by Gasteiger charge is -2.36. The number of carbonyl (C=O) groups excluding carboxylic acids is 2. The van der Waals surface area contributed by atoms with Gasteiger partial charge >= 0.3 is 0 Å². The fourth-order valence-corrected chi connectivity index (χ4v) is 6.05. The molecule has 2 heterocycles. The quantitative estimate of drug-likeness (QED) is 0.298. The van der Waals surface area contributed by atoms with Crippen LogP contribution in [0.1, 0.15) is 32.5 Å². The highest BCUT2D eigenvalue weighted by molar-refractivity contribution is 7.21. The van der Waals surface area contributed by atoms with Gasteiger partial charge in [-0.05, 0) is 60.5 Å². The lowest BCUT2D eigenvalue weighted by molar-refractivity contribution is 0.0746. The SMILES string of the molecule is CCc1ccc(C(=O)N2CCN(c3ccc(NC(=O)c4sc5cc(Cl)ccc5c4Cl)cc3)CC2)cc1. The van der Waals surface area contributed by atoms with Crippen LogP contribution in [0.15, 0.2) is 66.7 Å². The molecule has 1 aliphatic heterocycles.